The van der Waals surface area contributed by atoms with Gasteiger partial charge in [-0.2, -0.15) is 0 Å². The number of anilines is 2. The Kier molecular flexibility index (Phi) is 9.74. The molecule has 0 radical (unpaired) electrons. The molecule has 0 fully saturated rings. The van der Waals surface area contributed by atoms with Crippen molar-refractivity contribution in [1.82, 2.24) is 5.32 Å². The van der Waals surface area contributed by atoms with Crippen LogP contribution in [0, 0.1) is 6.92 Å². The second-order valence-corrected chi connectivity index (χ2v) is 9.86. The second kappa shape index (κ2) is 13.8. The first-order valence-corrected chi connectivity index (χ1v) is 13.5. The van der Waals surface area contributed by atoms with Crippen LogP contribution < -0.4 is 20.7 Å². The maximum Gasteiger partial charge on any atom is 0.272 e. The maximum atomic E-state index is 13.4. The topological polar surface area (TPSA) is 96.5 Å². The van der Waals surface area contributed by atoms with Gasteiger partial charge in [0.25, 0.3) is 11.8 Å². The molecule has 40 heavy (non-hydrogen) atoms. The molecule has 4 rings (SSSR count). The van der Waals surface area contributed by atoms with Crippen molar-refractivity contribution in [2.45, 2.75) is 11.8 Å². The van der Waals surface area contributed by atoms with Gasteiger partial charge in [-0.05, 0) is 67.1 Å². The highest BCUT2D eigenvalue weighted by molar-refractivity contribution is 8.00. The SMILES string of the molecule is COc1ccccc1/C=C(/NC(=O)c1ccccc1)C(=O)Nc1cccc(SCC(=O)Nc2cccc(C)c2)c1. The van der Waals surface area contributed by atoms with E-state index in [2.05, 4.69) is 16.0 Å². The number of hydrogen-bond acceptors (Lipinski definition) is 5. The van der Waals surface area contributed by atoms with E-state index < -0.39 is 11.8 Å². The molecule has 4 aromatic carbocycles. The fourth-order valence-electron chi connectivity index (χ4n) is 3.81. The molecule has 0 atom stereocenters. The summed E-state index contributed by atoms with van der Waals surface area (Å²) >= 11 is 1.35. The van der Waals surface area contributed by atoms with Gasteiger partial charge in [0.15, 0.2) is 0 Å². The highest BCUT2D eigenvalue weighted by Crippen LogP contribution is 2.24. The lowest BCUT2D eigenvalue weighted by Gasteiger charge is -2.13. The monoisotopic (exact) mass is 551 g/mol. The molecular formula is C32H29N3O4S. The molecule has 0 spiro atoms. The molecule has 3 N–H and O–H groups in total. The maximum absolute atomic E-state index is 13.4. The number of carbonyl (C=O) groups excluding carboxylic acids is 3. The van der Waals surface area contributed by atoms with E-state index in [0.29, 0.717) is 22.6 Å². The molecule has 0 heterocycles. The quantitative estimate of drug-likeness (QED) is 0.162. The van der Waals surface area contributed by atoms with Crippen LogP contribution >= 0.6 is 11.8 Å². The van der Waals surface area contributed by atoms with E-state index >= 15 is 0 Å². The fraction of sp³-hybridized carbons (Fsp3) is 0.0938. The number of thioether (sulfide) groups is 1. The lowest BCUT2D eigenvalue weighted by molar-refractivity contribution is -0.114. The van der Waals surface area contributed by atoms with Gasteiger partial charge in [0.2, 0.25) is 5.91 Å². The van der Waals surface area contributed by atoms with Crippen molar-refractivity contribution in [3.05, 3.63) is 126 Å². The normalized spacial score (nSPS) is 10.9. The van der Waals surface area contributed by atoms with Crippen LogP contribution in [0.4, 0.5) is 11.4 Å². The third-order valence-electron chi connectivity index (χ3n) is 5.73. The number of hydrogen-bond donors (Lipinski definition) is 3. The predicted molar refractivity (Wildman–Crippen MR) is 160 cm³/mol. The minimum absolute atomic E-state index is 0.0499. The Balaban J connectivity index is 1.47. The molecule has 0 aromatic heterocycles. The standard InChI is InChI=1S/C32H29N3O4S/c1-22-10-8-14-25(18-22)33-30(36)21-40-27-16-9-15-26(20-27)34-32(38)28(19-24-13-6-7-17-29(24)39-2)35-31(37)23-11-4-3-5-12-23/h3-20H,21H2,1-2H3,(H,33,36)(H,34,38)(H,35,37)/b28-19+. The van der Waals surface area contributed by atoms with E-state index in [0.717, 1.165) is 16.1 Å². The van der Waals surface area contributed by atoms with E-state index in [4.69, 9.17) is 4.74 Å². The molecule has 0 unspecified atom stereocenters. The van der Waals surface area contributed by atoms with Crippen LogP contribution in [-0.4, -0.2) is 30.6 Å². The zero-order chi connectivity index (χ0) is 28.3. The Hall–Kier alpha value is -4.82. The smallest absolute Gasteiger partial charge is 0.272 e. The van der Waals surface area contributed by atoms with Crippen LogP contribution in [0.1, 0.15) is 21.5 Å². The van der Waals surface area contributed by atoms with Crippen LogP contribution in [0.2, 0.25) is 0 Å². The third-order valence-corrected chi connectivity index (χ3v) is 6.73. The highest BCUT2D eigenvalue weighted by Gasteiger charge is 2.16. The van der Waals surface area contributed by atoms with Crippen LogP contribution in [-0.2, 0) is 9.59 Å². The molecule has 0 aliphatic heterocycles. The van der Waals surface area contributed by atoms with Crippen molar-refractivity contribution in [2.24, 2.45) is 0 Å². The number of amides is 3. The first-order chi connectivity index (χ1) is 19.4. The number of para-hydroxylation sites is 1. The Morgan fingerprint density at radius 2 is 1.50 bits per heavy atom. The summed E-state index contributed by atoms with van der Waals surface area (Å²) in [5.74, 6) is -0.285. The van der Waals surface area contributed by atoms with Crippen LogP contribution in [0.3, 0.4) is 0 Å². The predicted octanol–water partition coefficient (Wildman–Crippen LogP) is 6.14. The van der Waals surface area contributed by atoms with Gasteiger partial charge >= 0.3 is 0 Å². The average molecular weight is 552 g/mol. The molecule has 8 heteroatoms. The van der Waals surface area contributed by atoms with Gasteiger partial charge < -0.3 is 20.7 Å². The Bertz CT molecular complexity index is 1540. The number of rotatable bonds is 10. The van der Waals surface area contributed by atoms with E-state index in [1.165, 1.54) is 11.8 Å². The van der Waals surface area contributed by atoms with Crippen molar-refractivity contribution in [3.8, 4) is 5.75 Å². The number of benzene rings is 4. The molecule has 0 saturated heterocycles. The van der Waals surface area contributed by atoms with Gasteiger partial charge in [0.1, 0.15) is 11.4 Å². The average Bonchev–Trinajstić information content (AvgIpc) is 2.96. The summed E-state index contributed by atoms with van der Waals surface area (Å²) in [4.78, 5) is 39.5. The minimum atomic E-state index is -0.505. The van der Waals surface area contributed by atoms with Crippen LogP contribution in [0.15, 0.2) is 114 Å². The van der Waals surface area contributed by atoms with Gasteiger partial charge in [-0.1, -0.05) is 54.6 Å². The van der Waals surface area contributed by atoms with E-state index in [9.17, 15) is 14.4 Å². The van der Waals surface area contributed by atoms with Gasteiger partial charge in [0.05, 0.1) is 12.9 Å². The van der Waals surface area contributed by atoms with Crippen molar-refractivity contribution < 1.29 is 19.1 Å². The van der Waals surface area contributed by atoms with Gasteiger partial charge in [-0.15, -0.1) is 11.8 Å². The molecular weight excluding hydrogens is 522 g/mol. The number of ether oxygens (including phenoxy) is 1. The molecule has 202 valence electrons. The number of methoxy groups -OCH3 is 1. The molecule has 7 nitrogen and oxygen atoms in total. The molecule has 0 saturated carbocycles. The first kappa shape index (κ1) is 28.2. The zero-order valence-corrected chi connectivity index (χ0v) is 23.0. The number of aryl methyl sites for hydroxylation is 1. The fourth-order valence-corrected chi connectivity index (χ4v) is 4.57. The number of nitrogens with one attached hydrogen (secondary N) is 3. The summed E-state index contributed by atoms with van der Waals surface area (Å²) in [6.07, 6.45) is 1.57. The summed E-state index contributed by atoms with van der Waals surface area (Å²) in [6, 6.07) is 30.7. The Morgan fingerprint density at radius 3 is 2.25 bits per heavy atom. The molecule has 4 aromatic rings. The van der Waals surface area contributed by atoms with Crippen molar-refractivity contribution in [3.63, 3.8) is 0 Å². The lowest BCUT2D eigenvalue weighted by atomic mass is 10.1. The Labute approximate surface area is 237 Å². The lowest BCUT2D eigenvalue weighted by Crippen LogP contribution is -2.30. The molecule has 0 bridgehead atoms. The van der Waals surface area contributed by atoms with Gasteiger partial charge in [-0.25, -0.2) is 0 Å². The van der Waals surface area contributed by atoms with Crippen molar-refractivity contribution in [2.75, 3.05) is 23.5 Å². The molecule has 0 aliphatic carbocycles. The summed E-state index contributed by atoms with van der Waals surface area (Å²) in [5, 5.41) is 8.48. The summed E-state index contributed by atoms with van der Waals surface area (Å²) in [5.41, 5.74) is 3.44. The van der Waals surface area contributed by atoms with Gasteiger partial charge in [0, 0.05) is 27.4 Å². The van der Waals surface area contributed by atoms with E-state index in [-0.39, 0.29) is 17.4 Å². The van der Waals surface area contributed by atoms with Crippen LogP contribution in [0.25, 0.3) is 6.08 Å². The highest BCUT2D eigenvalue weighted by atomic mass is 32.2. The van der Waals surface area contributed by atoms with E-state index in [1.807, 2.05) is 55.5 Å². The molecule has 3 amide bonds. The summed E-state index contributed by atoms with van der Waals surface area (Å²) in [6.45, 7) is 1.97. The zero-order valence-electron chi connectivity index (χ0n) is 22.1. The summed E-state index contributed by atoms with van der Waals surface area (Å²) in [7, 11) is 1.54. The first-order valence-electron chi connectivity index (χ1n) is 12.5. The van der Waals surface area contributed by atoms with Crippen molar-refractivity contribution >= 4 is 46.9 Å². The Morgan fingerprint density at radius 1 is 0.800 bits per heavy atom. The van der Waals surface area contributed by atoms with E-state index in [1.54, 1.807) is 67.8 Å². The number of carbonyl (C=O) groups is 3. The molecule has 0 aliphatic rings. The summed E-state index contributed by atoms with van der Waals surface area (Å²) < 4.78 is 5.41. The largest absolute Gasteiger partial charge is 0.496 e. The minimum Gasteiger partial charge on any atom is -0.496 e. The van der Waals surface area contributed by atoms with Crippen molar-refractivity contribution in [1.29, 1.82) is 0 Å². The second-order valence-electron chi connectivity index (χ2n) is 8.81. The van der Waals surface area contributed by atoms with Crippen LogP contribution in [0.5, 0.6) is 5.75 Å². The van der Waals surface area contributed by atoms with Gasteiger partial charge in [-0.3, -0.25) is 14.4 Å². The third kappa shape index (κ3) is 8.09.